The van der Waals surface area contributed by atoms with E-state index in [4.69, 9.17) is 15.2 Å². The molecule has 2 fully saturated rings. The van der Waals surface area contributed by atoms with Gasteiger partial charge in [-0.05, 0) is 59.9 Å². The lowest BCUT2D eigenvalue weighted by Gasteiger charge is -2.36. The number of nitrogens with one attached hydrogen (secondary N) is 3. The quantitative estimate of drug-likeness (QED) is 0.0521. The fourth-order valence-electron chi connectivity index (χ4n) is 7.93. The van der Waals surface area contributed by atoms with Crippen LogP contribution in [0.2, 0.25) is 0 Å². The van der Waals surface area contributed by atoms with Crippen LogP contribution in [0.25, 0.3) is 11.1 Å². The number of hydrogen-bond donors (Lipinski definition) is 4. The number of esters is 1. The van der Waals surface area contributed by atoms with Crippen LogP contribution in [-0.2, 0) is 35.2 Å². The molecule has 0 spiro atoms. The molecule has 0 unspecified atom stereocenters. The number of nitrogens with two attached hydrogens (primary N) is 1. The zero-order valence-electron chi connectivity index (χ0n) is 34.6. The first-order valence-corrected chi connectivity index (χ1v) is 20.7. The molecular formula is C46H50FN7O8. The Bertz CT molecular complexity index is 2290. The van der Waals surface area contributed by atoms with E-state index < -0.39 is 47.8 Å². The highest BCUT2D eigenvalue weighted by Crippen LogP contribution is 2.44. The summed E-state index contributed by atoms with van der Waals surface area (Å²) in [4.78, 5) is 81.4. The minimum atomic E-state index is -1.11. The Hall–Kier alpha value is -6.49. The number of benzene rings is 4. The van der Waals surface area contributed by atoms with E-state index in [0.29, 0.717) is 49.7 Å². The van der Waals surface area contributed by atoms with Crippen molar-refractivity contribution in [3.05, 3.63) is 119 Å². The van der Waals surface area contributed by atoms with Gasteiger partial charge in [0, 0.05) is 63.6 Å². The van der Waals surface area contributed by atoms with E-state index >= 15 is 4.39 Å². The third-order valence-corrected chi connectivity index (χ3v) is 11.5. The fourth-order valence-corrected chi connectivity index (χ4v) is 7.93. The van der Waals surface area contributed by atoms with Crippen LogP contribution >= 0.6 is 0 Å². The van der Waals surface area contributed by atoms with E-state index in [1.807, 2.05) is 53.4 Å². The van der Waals surface area contributed by atoms with Crippen molar-refractivity contribution in [3.63, 3.8) is 0 Å². The summed E-state index contributed by atoms with van der Waals surface area (Å²) in [5.74, 6) is -3.39. The maximum absolute atomic E-state index is 15.1. The van der Waals surface area contributed by atoms with E-state index in [1.54, 1.807) is 48.2 Å². The molecule has 324 valence electrons. The molecule has 4 aromatic carbocycles. The van der Waals surface area contributed by atoms with Crippen LogP contribution in [0.4, 0.5) is 20.6 Å². The highest BCUT2D eigenvalue weighted by molar-refractivity contribution is 6.36. The number of carbonyl (C=O) groups excluding carboxylic acids is 6. The van der Waals surface area contributed by atoms with Gasteiger partial charge in [0.25, 0.3) is 5.78 Å². The molecule has 4 aromatic rings. The second kappa shape index (κ2) is 19.5. The Kier molecular flexibility index (Phi) is 13.7. The minimum Gasteiger partial charge on any atom is -0.459 e. The fraction of sp³-hybridized carbons (Fsp3) is 0.348. The number of carbonyl (C=O) groups is 6. The van der Waals surface area contributed by atoms with Crippen molar-refractivity contribution in [1.82, 2.24) is 21.1 Å². The summed E-state index contributed by atoms with van der Waals surface area (Å²) in [7, 11) is 0. The highest BCUT2D eigenvalue weighted by Gasteiger charge is 2.34. The third kappa shape index (κ3) is 9.83. The molecular weight excluding hydrogens is 798 g/mol. The van der Waals surface area contributed by atoms with E-state index in [1.165, 1.54) is 17.9 Å². The number of ether oxygens (including phenoxy) is 2. The third-order valence-electron chi connectivity index (χ3n) is 11.5. The van der Waals surface area contributed by atoms with Crippen LogP contribution in [0.3, 0.4) is 0 Å². The van der Waals surface area contributed by atoms with Crippen molar-refractivity contribution in [2.45, 2.75) is 57.3 Å². The lowest BCUT2D eigenvalue weighted by Crippen LogP contribution is -2.52. The molecule has 62 heavy (non-hydrogen) atoms. The number of cyclic esters (lactones) is 1. The summed E-state index contributed by atoms with van der Waals surface area (Å²) in [6.07, 6.45) is -0.922. The van der Waals surface area contributed by atoms with Crippen LogP contribution in [0.15, 0.2) is 91.0 Å². The number of Topliss-reactive ketones (excluding diaryl/α,β-unsaturated/α-hetero) is 2. The van der Waals surface area contributed by atoms with Crippen molar-refractivity contribution in [2.24, 2.45) is 5.73 Å². The van der Waals surface area contributed by atoms with Gasteiger partial charge in [-0.2, -0.15) is 0 Å². The van der Waals surface area contributed by atoms with Gasteiger partial charge in [0.2, 0.25) is 11.8 Å². The molecule has 3 aliphatic rings. The first-order valence-electron chi connectivity index (χ1n) is 20.7. The number of amides is 3. The monoisotopic (exact) mass is 847 g/mol. The molecule has 1 aliphatic carbocycles. The Morgan fingerprint density at radius 2 is 1.52 bits per heavy atom. The summed E-state index contributed by atoms with van der Waals surface area (Å²) in [6.45, 7) is 5.34. The topological polar surface area (TPSA) is 193 Å². The number of ketones is 2. The molecule has 0 radical (unpaired) electrons. The molecule has 0 saturated carbocycles. The Morgan fingerprint density at radius 1 is 0.855 bits per heavy atom. The number of nitrogens with zero attached hydrogens (tertiary/aromatic N) is 3. The van der Waals surface area contributed by atoms with Gasteiger partial charge in [0.15, 0.2) is 5.78 Å². The van der Waals surface area contributed by atoms with Crippen LogP contribution in [0, 0.1) is 5.82 Å². The lowest BCUT2D eigenvalue weighted by atomic mass is 9.98. The van der Waals surface area contributed by atoms with E-state index in [-0.39, 0.29) is 50.1 Å². The minimum absolute atomic E-state index is 0.00253. The number of rotatable bonds is 17. The predicted octanol–water partition coefficient (Wildman–Crippen LogP) is 3.83. The lowest BCUT2D eigenvalue weighted by molar-refractivity contribution is -0.155. The summed E-state index contributed by atoms with van der Waals surface area (Å²) in [5, 5.41) is 2.56. The van der Waals surface area contributed by atoms with Crippen molar-refractivity contribution < 1.29 is 42.6 Å². The Labute approximate surface area is 358 Å². The maximum atomic E-state index is 15.1. The number of fused-ring (bicyclic) bond motifs is 3. The van der Waals surface area contributed by atoms with Crippen LogP contribution in [-0.4, -0.2) is 104 Å². The van der Waals surface area contributed by atoms with Gasteiger partial charge in [0.1, 0.15) is 18.5 Å². The molecule has 3 amide bonds. The molecule has 3 atom stereocenters. The molecule has 0 aromatic heterocycles. The molecule has 2 aliphatic heterocycles. The summed E-state index contributed by atoms with van der Waals surface area (Å²) in [5.41, 5.74) is 17.7. The summed E-state index contributed by atoms with van der Waals surface area (Å²) < 4.78 is 25.8. The van der Waals surface area contributed by atoms with Gasteiger partial charge in [0.05, 0.1) is 30.0 Å². The zero-order valence-corrected chi connectivity index (χ0v) is 34.6. The van der Waals surface area contributed by atoms with Gasteiger partial charge in [-0.15, -0.1) is 0 Å². The highest BCUT2D eigenvalue weighted by atomic mass is 19.1. The predicted molar refractivity (Wildman–Crippen MR) is 229 cm³/mol. The largest absolute Gasteiger partial charge is 0.459 e. The SMILES string of the molecule is C[C@H](NNCc1ccc(C(=O)CCC(=O)N2CCN(c3ccc(N4C[C@H](CN)OC4=O)cc3F)CC2)cc1)C(=O)N[C@@H](C)C(=O)C(=O)OCC1c2ccccc2-c2ccccc21. The van der Waals surface area contributed by atoms with Gasteiger partial charge >= 0.3 is 12.1 Å². The second-order valence-electron chi connectivity index (χ2n) is 15.6. The Morgan fingerprint density at radius 3 is 2.15 bits per heavy atom. The normalized spacial score (nSPS) is 16.9. The van der Waals surface area contributed by atoms with Gasteiger partial charge in [-0.1, -0.05) is 72.8 Å². The van der Waals surface area contributed by atoms with E-state index in [2.05, 4.69) is 16.2 Å². The average Bonchev–Trinajstić information content (AvgIpc) is 3.84. The average molecular weight is 848 g/mol. The van der Waals surface area contributed by atoms with Gasteiger partial charge < -0.3 is 30.3 Å². The van der Waals surface area contributed by atoms with Crippen LogP contribution in [0.1, 0.15) is 59.7 Å². The number of piperazine rings is 1. The summed E-state index contributed by atoms with van der Waals surface area (Å²) in [6, 6.07) is 25.4. The summed E-state index contributed by atoms with van der Waals surface area (Å²) >= 11 is 0. The zero-order chi connectivity index (χ0) is 43.9. The molecule has 2 heterocycles. The smallest absolute Gasteiger partial charge is 0.414 e. The first kappa shape index (κ1) is 43.6. The molecule has 2 saturated heterocycles. The molecule has 0 bridgehead atoms. The van der Waals surface area contributed by atoms with Crippen molar-refractivity contribution in [2.75, 3.05) is 55.7 Å². The molecule has 5 N–H and O–H groups in total. The number of halogens is 1. The number of hydrogen-bond acceptors (Lipinski definition) is 12. The van der Waals surface area contributed by atoms with Crippen molar-refractivity contribution in [1.29, 1.82) is 0 Å². The first-order chi connectivity index (χ1) is 29.9. The number of hydrazine groups is 1. The van der Waals surface area contributed by atoms with Crippen molar-refractivity contribution in [3.8, 4) is 11.1 Å². The number of anilines is 2. The Balaban J connectivity index is 0.785. The van der Waals surface area contributed by atoms with Crippen LogP contribution in [0.5, 0.6) is 0 Å². The second-order valence-corrected chi connectivity index (χ2v) is 15.6. The maximum Gasteiger partial charge on any atom is 0.414 e. The van der Waals surface area contributed by atoms with E-state index in [0.717, 1.165) is 27.8 Å². The van der Waals surface area contributed by atoms with E-state index in [9.17, 15) is 28.8 Å². The molecule has 15 nitrogen and oxygen atoms in total. The van der Waals surface area contributed by atoms with Gasteiger partial charge in [-0.25, -0.2) is 19.4 Å². The van der Waals surface area contributed by atoms with Gasteiger partial charge in [-0.3, -0.25) is 29.5 Å². The molecule has 16 heteroatoms. The van der Waals surface area contributed by atoms with Crippen LogP contribution < -0.4 is 31.7 Å². The van der Waals surface area contributed by atoms with Crippen molar-refractivity contribution >= 4 is 46.8 Å². The molecule has 7 rings (SSSR count). The standard InChI is InChI=1S/C46H50FN7O8/c1-28(43(57)45(59)61-27-38-36-9-5-3-7-34(36)35-8-4-6-10-37(35)38)50-44(58)29(2)51-49-25-30-11-13-31(14-12-30)41(55)17-18-42(56)53-21-19-52(20-22-53)40-16-15-32(23-39(40)47)54-26-33(24-48)62-46(54)60/h3-16,23,28-29,33,38,49,51H,17-22,24-27,48H2,1-2H3,(H,50,58)/t28-,29-,33-/m0/s1.